The van der Waals surface area contributed by atoms with E-state index in [4.69, 9.17) is 14.2 Å². The van der Waals surface area contributed by atoms with Crippen LogP contribution in [0.2, 0.25) is 0 Å². The third-order valence-electron chi connectivity index (χ3n) is 3.63. The van der Waals surface area contributed by atoms with Crippen LogP contribution in [0, 0.1) is 0 Å². The minimum absolute atomic E-state index is 0.157. The molecule has 0 radical (unpaired) electrons. The molecule has 0 atom stereocenters. The van der Waals surface area contributed by atoms with E-state index in [1.165, 1.54) is 0 Å². The zero-order valence-corrected chi connectivity index (χ0v) is 14.8. The number of urea groups is 1. The summed E-state index contributed by atoms with van der Waals surface area (Å²) in [7, 11) is 3.14. The summed E-state index contributed by atoms with van der Waals surface area (Å²) in [4.78, 5) is 14.0. The van der Waals surface area contributed by atoms with E-state index in [-0.39, 0.29) is 6.03 Å². The third-order valence-corrected chi connectivity index (χ3v) is 3.63. The number of hydrogen-bond donors (Lipinski definition) is 1. The van der Waals surface area contributed by atoms with Crippen LogP contribution in [-0.4, -0.2) is 39.9 Å². The molecule has 0 unspecified atom stereocenters. The predicted octanol–water partition coefficient (Wildman–Crippen LogP) is 3.32. The molecule has 0 fully saturated rings. The van der Waals surface area contributed by atoms with Crippen LogP contribution in [0.4, 0.5) is 10.5 Å². The van der Waals surface area contributed by atoms with Gasteiger partial charge in [0.15, 0.2) is 11.5 Å². The summed E-state index contributed by atoms with van der Waals surface area (Å²) in [5.41, 5.74) is 0.859. The smallest absolute Gasteiger partial charge is 0.321 e. The number of hydrogen-bond acceptors (Lipinski definition) is 4. The van der Waals surface area contributed by atoms with E-state index < -0.39 is 0 Å². The fraction of sp³-hybridized carbons (Fsp3) is 0.316. The maximum absolute atomic E-state index is 12.3. The molecule has 0 bridgehead atoms. The normalized spacial score (nSPS) is 10.0. The van der Waals surface area contributed by atoms with Gasteiger partial charge >= 0.3 is 6.03 Å². The van der Waals surface area contributed by atoms with Crippen molar-refractivity contribution in [2.24, 2.45) is 0 Å². The Kier molecular flexibility index (Phi) is 6.95. The SMILES string of the molecule is CCN(C(=O)NCCOc1cccc(OC)c1OC)c1ccccc1. The van der Waals surface area contributed by atoms with E-state index in [1.807, 2.05) is 43.3 Å². The first-order valence-electron chi connectivity index (χ1n) is 8.15. The van der Waals surface area contributed by atoms with Crippen LogP contribution in [0.1, 0.15) is 6.92 Å². The molecule has 0 aliphatic heterocycles. The molecule has 2 aromatic rings. The van der Waals surface area contributed by atoms with E-state index in [2.05, 4.69) is 5.32 Å². The number of amides is 2. The molecule has 134 valence electrons. The van der Waals surface area contributed by atoms with Gasteiger partial charge in [0.05, 0.1) is 20.8 Å². The van der Waals surface area contributed by atoms with Crippen molar-refractivity contribution < 1.29 is 19.0 Å². The van der Waals surface area contributed by atoms with Crippen molar-refractivity contribution in [2.75, 3.05) is 38.8 Å². The lowest BCUT2D eigenvalue weighted by molar-refractivity contribution is 0.240. The monoisotopic (exact) mass is 344 g/mol. The number of ether oxygens (including phenoxy) is 3. The van der Waals surface area contributed by atoms with Crippen LogP contribution in [0.15, 0.2) is 48.5 Å². The molecule has 1 N–H and O–H groups in total. The molecule has 0 saturated heterocycles. The quantitative estimate of drug-likeness (QED) is 0.746. The largest absolute Gasteiger partial charge is 0.493 e. The Hall–Kier alpha value is -2.89. The lowest BCUT2D eigenvalue weighted by atomic mass is 10.3. The second kappa shape index (κ2) is 9.42. The molecule has 0 spiro atoms. The summed E-state index contributed by atoms with van der Waals surface area (Å²) < 4.78 is 16.3. The van der Waals surface area contributed by atoms with Crippen LogP contribution in [0.25, 0.3) is 0 Å². The summed E-state index contributed by atoms with van der Waals surface area (Å²) >= 11 is 0. The van der Waals surface area contributed by atoms with E-state index >= 15 is 0 Å². The number of carbonyl (C=O) groups is 1. The van der Waals surface area contributed by atoms with Gasteiger partial charge in [-0.25, -0.2) is 4.79 Å². The van der Waals surface area contributed by atoms with Crippen molar-refractivity contribution in [2.45, 2.75) is 6.92 Å². The minimum atomic E-state index is -0.157. The topological polar surface area (TPSA) is 60.0 Å². The molecule has 2 amide bonds. The molecule has 2 aromatic carbocycles. The lowest BCUT2D eigenvalue weighted by Crippen LogP contribution is -2.41. The van der Waals surface area contributed by atoms with Gasteiger partial charge in [0, 0.05) is 12.2 Å². The minimum Gasteiger partial charge on any atom is -0.493 e. The Labute approximate surface area is 148 Å². The Morgan fingerprint density at radius 3 is 2.36 bits per heavy atom. The number of rotatable bonds is 8. The standard InChI is InChI=1S/C19H24N2O4/c1-4-21(15-9-6-5-7-10-15)19(22)20-13-14-25-17-12-8-11-16(23-2)18(17)24-3/h5-12H,4,13-14H2,1-3H3,(H,20,22). The molecule has 2 rings (SSSR count). The molecule has 0 saturated carbocycles. The summed E-state index contributed by atoms with van der Waals surface area (Å²) in [5.74, 6) is 1.72. The summed E-state index contributed by atoms with van der Waals surface area (Å²) in [5, 5.41) is 2.86. The highest BCUT2D eigenvalue weighted by atomic mass is 16.5. The highest BCUT2D eigenvalue weighted by molar-refractivity contribution is 5.91. The molecule has 6 heteroatoms. The van der Waals surface area contributed by atoms with Crippen molar-refractivity contribution in [3.05, 3.63) is 48.5 Å². The molecular formula is C19H24N2O4. The van der Waals surface area contributed by atoms with Crippen molar-refractivity contribution in [1.82, 2.24) is 5.32 Å². The van der Waals surface area contributed by atoms with E-state index in [0.717, 1.165) is 5.69 Å². The number of nitrogens with one attached hydrogen (secondary N) is 1. The number of benzene rings is 2. The maximum Gasteiger partial charge on any atom is 0.321 e. The molecular weight excluding hydrogens is 320 g/mol. The summed E-state index contributed by atoms with van der Waals surface area (Å²) in [6.45, 7) is 3.22. The molecule has 0 heterocycles. The van der Waals surface area contributed by atoms with Gasteiger partial charge in [-0.15, -0.1) is 0 Å². The first-order valence-corrected chi connectivity index (χ1v) is 8.15. The van der Waals surface area contributed by atoms with Crippen LogP contribution in [0.5, 0.6) is 17.2 Å². The van der Waals surface area contributed by atoms with Gasteiger partial charge in [-0.1, -0.05) is 24.3 Å². The molecule has 0 aromatic heterocycles. The van der Waals surface area contributed by atoms with Crippen molar-refractivity contribution in [1.29, 1.82) is 0 Å². The fourth-order valence-electron chi connectivity index (χ4n) is 2.44. The van der Waals surface area contributed by atoms with Gasteiger partial charge in [-0.05, 0) is 31.2 Å². The van der Waals surface area contributed by atoms with Gasteiger partial charge in [0.1, 0.15) is 6.61 Å². The van der Waals surface area contributed by atoms with Crippen LogP contribution < -0.4 is 24.4 Å². The second-order valence-corrected chi connectivity index (χ2v) is 5.15. The molecule has 0 aliphatic carbocycles. The zero-order chi connectivity index (χ0) is 18.1. The van der Waals surface area contributed by atoms with Crippen molar-refractivity contribution in [3.63, 3.8) is 0 Å². The Morgan fingerprint density at radius 1 is 1.00 bits per heavy atom. The van der Waals surface area contributed by atoms with Gasteiger partial charge in [-0.2, -0.15) is 0 Å². The highest BCUT2D eigenvalue weighted by Gasteiger charge is 2.13. The van der Waals surface area contributed by atoms with Crippen molar-refractivity contribution in [3.8, 4) is 17.2 Å². The summed E-state index contributed by atoms with van der Waals surface area (Å²) in [6, 6.07) is 14.8. The first-order chi connectivity index (χ1) is 12.2. The van der Waals surface area contributed by atoms with Crippen LogP contribution in [0.3, 0.4) is 0 Å². The van der Waals surface area contributed by atoms with Gasteiger partial charge in [-0.3, -0.25) is 4.90 Å². The number of carbonyl (C=O) groups excluding carboxylic acids is 1. The van der Waals surface area contributed by atoms with Crippen LogP contribution >= 0.6 is 0 Å². The fourth-order valence-corrected chi connectivity index (χ4v) is 2.44. The lowest BCUT2D eigenvalue weighted by Gasteiger charge is -2.21. The van der Waals surface area contributed by atoms with E-state index in [1.54, 1.807) is 31.3 Å². The second-order valence-electron chi connectivity index (χ2n) is 5.15. The Balaban J connectivity index is 1.88. The first kappa shape index (κ1) is 18.4. The number of nitrogens with zero attached hydrogens (tertiary/aromatic N) is 1. The predicted molar refractivity (Wildman–Crippen MR) is 97.9 cm³/mol. The number of anilines is 1. The highest BCUT2D eigenvalue weighted by Crippen LogP contribution is 2.36. The van der Waals surface area contributed by atoms with E-state index in [0.29, 0.717) is 36.9 Å². The van der Waals surface area contributed by atoms with E-state index in [9.17, 15) is 4.79 Å². The zero-order valence-electron chi connectivity index (χ0n) is 14.8. The van der Waals surface area contributed by atoms with Crippen LogP contribution in [-0.2, 0) is 0 Å². The molecule has 0 aliphatic rings. The molecule has 6 nitrogen and oxygen atoms in total. The average molecular weight is 344 g/mol. The maximum atomic E-state index is 12.3. The average Bonchev–Trinajstić information content (AvgIpc) is 2.66. The molecule has 25 heavy (non-hydrogen) atoms. The van der Waals surface area contributed by atoms with Crippen molar-refractivity contribution >= 4 is 11.7 Å². The third kappa shape index (κ3) is 4.79. The van der Waals surface area contributed by atoms with Gasteiger partial charge in [0.25, 0.3) is 0 Å². The Bertz CT molecular complexity index is 676. The van der Waals surface area contributed by atoms with Gasteiger partial charge < -0.3 is 19.5 Å². The van der Waals surface area contributed by atoms with Gasteiger partial charge in [0.2, 0.25) is 5.75 Å². The number of methoxy groups -OCH3 is 2. The number of para-hydroxylation sites is 2. The Morgan fingerprint density at radius 2 is 1.72 bits per heavy atom. The summed E-state index contributed by atoms with van der Waals surface area (Å²) in [6.07, 6.45) is 0.